The second-order valence-corrected chi connectivity index (χ2v) is 2.94. The van der Waals surface area contributed by atoms with Crippen LogP contribution in [0.2, 0.25) is 0 Å². The highest BCUT2D eigenvalue weighted by Gasteiger charge is 2.18. The molecule has 1 fully saturated rings. The van der Waals surface area contributed by atoms with E-state index in [-0.39, 0.29) is 6.10 Å². The molecular weight excluding hydrogens is 128 g/mol. The van der Waals surface area contributed by atoms with Gasteiger partial charge in [0.25, 0.3) is 0 Å². The second-order valence-electron chi connectivity index (χ2n) is 2.94. The summed E-state index contributed by atoms with van der Waals surface area (Å²) >= 11 is 0. The van der Waals surface area contributed by atoms with Gasteiger partial charge in [-0.3, -0.25) is 0 Å². The first-order valence-electron chi connectivity index (χ1n) is 3.91. The Balaban J connectivity index is 2.43. The number of hydrogen-bond donors (Lipinski definition) is 0. The van der Waals surface area contributed by atoms with Crippen LogP contribution in [0.5, 0.6) is 0 Å². The van der Waals surface area contributed by atoms with Crippen LogP contribution in [0.25, 0.3) is 0 Å². The first-order valence-corrected chi connectivity index (χ1v) is 3.91. The van der Waals surface area contributed by atoms with Crippen LogP contribution >= 0.6 is 0 Å². The van der Waals surface area contributed by atoms with Gasteiger partial charge >= 0.3 is 0 Å². The lowest BCUT2D eigenvalue weighted by Gasteiger charge is -2.13. The normalized spacial score (nSPS) is 34.9. The molecule has 10 heavy (non-hydrogen) atoms. The maximum atomic E-state index is 10.4. The molecule has 0 aromatic heterocycles. The van der Waals surface area contributed by atoms with Gasteiger partial charge in [0.2, 0.25) is 0 Å². The van der Waals surface area contributed by atoms with E-state index in [0.29, 0.717) is 5.92 Å². The summed E-state index contributed by atoms with van der Waals surface area (Å²) in [7, 11) is 0. The van der Waals surface area contributed by atoms with Gasteiger partial charge in [0.05, 0.1) is 0 Å². The summed E-state index contributed by atoms with van der Waals surface area (Å²) in [6.45, 7) is 2.83. The molecular formula is C8H14O2. The Morgan fingerprint density at radius 1 is 1.50 bits per heavy atom. The third-order valence-electron chi connectivity index (χ3n) is 2.06. The van der Waals surface area contributed by atoms with E-state index < -0.39 is 0 Å². The van der Waals surface area contributed by atoms with E-state index in [2.05, 4.69) is 6.92 Å². The molecule has 2 nitrogen and oxygen atoms in total. The van der Waals surface area contributed by atoms with Gasteiger partial charge in [-0.05, 0) is 18.8 Å². The van der Waals surface area contributed by atoms with E-state index in [1.165, 1.54) is 6.42 Å². The average Bonchev–Trinajstić information content (AvgIpc) is 2.13. The Kier molecular flexibility index (Phi) is 2.87. The first-order chi connectivity index (χ1) is 4.84. The predicted octanol–water partition coefficient (Wildman–Crippen LogP) is 1.39. The second kappa shape index (κ2) is 3.71. The monoisotopic (exact) mass is 142 g/mol. The highest BCUT2D eigenvalue weighted by Crippen LogP contribution is 2.17. The molecule has 1 aliphatic heterocycles. The molecule has 0 bridgehead atoms. The number of rotatable bonds is 1. The highest BCUT2D eigenvalue weighted by atomic mass is 16.5. The van der Waals surface area contributed by atoms with Crippen molar-refractivity contribution in [2.75, 3.05) is 6.61 Å². The lowest BCUT2D eigenvalue weighted by Crippen LogP contribution is -2.21. The van der Waals surface area contributed by atoms with Gasteiger partial charge in [0.1, 0.15) is 12.4 Å². The standard InChI is InChI=1S/C8H14O2/c1-7-4-2-3-5-10-8(7)6-9/h6-8H,2-5H2,1H3. The Morgan fingerprint density at radius 2 is 2.30 bits per heavy atom. The van der Waals surface area contributed by atoms with Gasteiger partial charge in [-0.25, -0.2) is 0 Å². The molecule has 2 heteroatoms. The summed E-state index contributed by atoms with van der Waals surface area (Å²) in [6, 6.07) is 0. The van der Waals surface area contributed by atoms with Crippen molar-refractivity contribution in [1.82, 2.24) is 0 Å². The maximum absolute atomic E-state index is 10.4. The van der Waals surface area contributed by atoms with E-state index in [0.717, 1.165) is 25.7 Å². The zero-order valence-electron chi connectivity index (χ0n) is 6.38. The Morgan fingerprint density at radius 3 is 3.00 bits per heavy atom. The van der Waals surface area contributed by atoms with Crippen LogP contribution in [-0.2, 0) is 9.53 Å². The van der Waals surface area contributed by atoms with Gasteiger partial charge in [0.15, 0.2) is 0 Å². The Hall–Kier alpha value is -0.370. The summed E-state index contributed by atoms with van der Waals surface area (Å²) in [5.41, 5.74) is 0. The minimum Gasteiger partial charge on any atom is -0.370 e. The minimum absolute atomic E-state index is 0.137. The lowest BCUT2D eigenvalue weighted by molar-refractivity contribution is -0.120. The van der Waals surface area contributed by atoms with Crippen molar-refractivity contribution in [2.45, 2.75) is 32.3 Å². The van der Waals surface area contributed by atoms with Crippen molar-refractivity contribution in [3.63, 3.8) is 0 Å². The smallest absolute Gasteiger partial charge is 0.149 e. The summed E-state index contributed by atoms with van der Waals surface area (Å²) in [6.07, 6.45) is 4.22. The topological polar surface area (TPSA) is 26.3 Å². The summed E-state index contributed by atoms with van der Waals surface area (Å²) < 4.78 is 5.30. The fourth-order valence-electron chi connectivity index (χ4n) is 1.29. The van der Waals surface area contributed by atoms with Crippen LogP contribution in [0.1, 0.15) is 26.2 Å². The molecule has 1 heterocycles. The summed E-state index contributed by atoms with van der Waals surface area (Å²) in [4.78, 5) is 10.4. The van der Waals surface area contributed by atoms with Crippen molar-refractivity contribution >= 4 is 6.29 Å². The van der Waals surface area contributed by atoms with E-state index in [4.69, 9.17) is 4.74 Å². The van der Waals surface area contributed by atoms with Crippen LogP contribution in [-0.4, -0.2) is 19.0 Å². The maximum Gasteiger partial charge on any atom is 0.149 e. The highest BCUT2D eigenvalue weighted by molar-refractivity contribution is 5.56. The third-order valence-corrected chi connectivity index (χ3v) is 2.06. The molecule has 0 spiro atoms. The fourth-order valence-corrected chi connectivity index (χ4v) is 1.29. The molecule has 1 rings (SSSR count). The molecule has 0 N–H and O–H groups in total. The van der Waals surface area contributed by atoms with Crippen LogP contribution in [0.4, 0.5) is 0 Å². The molecule has 0 amide bonds. The molecule has 0 aromatic rings. The number of carbonyl (C=O) groups is 1. The Bertz CT molecular complexity index is 112. The van der Waals surface area contributed by atoms with Crippen molar-refractivity contribution in [3.8, 4) is 0 Å². The van der Waals surface area contributed by atoms with Crippen LogP contribution in [0.15, 0.2) is 0 Å². The van der Waals surface area contributed by atoms with Crippen LogP contribution in [0, 0.1) is 5.92 Å². The van der Waals surface area contributed by atoms with Crippen molar-refractivity contribution in [1.29, 1.82) is 0 Å². The Labute approximate surface area is 61.6 Å². The molecule has 0 saturated carbocycles. The predicted molar refractivity (Wildman–Crippen MR) is 38.8 cm³/mol. The van der Waals surface area contributed by atoms with Crippen molar-refractivity contribution in [2.24, 2.45) is 5.92 Å². The average molecular weight is 142 g/mol. The van der Waals surface area contributed by atoms with E-state index in [1.54, 1.807) is 0 Å². The minimum atomic E-state index is -0.137. The van der Waals surface area contributed by atoms with Crippen LogP contribution in [0.3, 0.4) is 0 Å². The quantitative estimate of drug-likeness (QED) is 0.517. The van der Waals surface area contributed by atoms with Gasteiger partial charge in [-0.15, -0.1) is 0 Å². The van der Waals surface area contributed by atoms with Gasteiger partial charge in [0, 0.05) is 6.61 Å². The number of ether oxygens (including phenoxy) is 1. The third kappa shape index (κ3) is 1.81. The van der Waals surface area contributed by atoms with Crippen LogP contribution < -0.4 is 0 Å². The molecule has 0 aromatic carbocycles. The molecule has 58 valence electrons. The van der Waals surface area contributed by atoms with Crippen molar-refractivity contribution in [3.05, 3.63) is 0 Å². The zero-order chi connectivity index (χ0) is 7.40. The lowest BCUT2D eigenvalue weighted by atomic mass is 10.0. The zero-order valence-corrected chi connectivity index (χ0v) is 6.38. The molecule has 0 radical (unpaired) electrons. The number of aldehydes is 1. The molecule has 2 atom stereocenters. The largest absolute Gasteiger partial charge is 0.370 e. The SMILES string of the molecule is CC1CCCCOC1C=O. The summed E-state index contributed by atoms with van der Waals surface area (Å²) in [5.74, 6) is 0.417. The van der Waals surface area contributed by atoms with Gasteiger partial charge < -0.3 is 9.53 Å². The van der Waals surface area contributed by atoms with Crippen molar-refractivity contribution < 1.29 is 9.53 Å². The molecule has 2 unspecified atom stereocenters. The van der Waals surface area contributed by atoms with E-state index in [1.807, 2.05) is 0 Å². The number of carbonyl (C=O) groups excluding carboxylic acids is 1. The fraction of sp³-hybridized carbons (Fsp3) is 0.875. The molecule has 1 aliphatic rings. The first kappa shape index (κ1) is 7.73. The molecule has 1 saturated heterocycles. The van der Waals surface area contributed by atoms with E-state index in [9.17, 15) is 4.79 Å². The summed E-state index contributed by atoms with van der Waals surface area (Å²) in [5, 5.41) is 0. The number of hydrogen-bond acceptors (Lipinski definition) is 2. The van der Waals surface area contributed by atoms with E-state index >= 15 is 0 Å². The van der Waals surface area contributed by atoms with Gasteiger partial charge in [-0.2, -0.15) is 0 Å². The van der Waals surface area contributed by atoms with Gasteiger partial charge in [-0.1, -0.05) is 13.3 Å². The molecule has 0 aliphatic carbocycles.